The Morgan fingerprint density at radius 3 is 2.65 bits per heavy atom. The van der Waals surface area contributed by atoms with Crippen LogP contribution in [-0.4, -0.2) is 18.1 Å². The summed E-state index contributed by atoms with van der Waals surface area (Å²) in [5.41, 5.74) is 2.85. The van der Waals surface area contributed by atoms with E-state index < -0.39 is 0 Å². The van der Waals surface area contributed by atoms with Crippen LogP contribution in [0.4, 0.5) is 0 Å². The Hall–Kier alpha value is -0.470. The lowest BCUT2D eigenvalue weighted by atomic mass is 10.0. The molecule has 96 valence electrons. The molecule has 1 unspecified atom stereocenters. The summed E-state index contributed by atoms with van der Waals surface area (Å²) in [6, 6.07) is 9.22. The number of nitrogens with one attached hydrogen (secondary N) is 1. The van der Waals surface area contributed by atoms with E-state index in [1.54, 1.807) is 0 Å². The highest BCUT2D eigenvalue weighted by Gasteiger charge is 2.11. The molecule has 1 N–H and O–H groups in total. The van der Waals surface area contributed by atoms with Crippen LogP contribution < -0.4 is 5.32 Å². The van der Waals surface area contributed by atoms with Crippen molar-refractivity contribution in [3.8, 4) is 0 Å². The SMILES string of the molecule is CCCCSCC(NCC)c1ccccc1C. The van der Waals surface area contributed by atoms with Gasteiger partial charge in [0, 0.05) is 11.8 Å². The first kappa shape index (κ1) is 14.6. The molecule has 0 amide bonds. The fourth-order valence-corrected chi connectivity index (χ4v) is 3.12. The van der Waals surface area contributed by atoms with Crippen LogP contribution in [-0.2, 0) is 0 Å². The zero-order valence-corrected chi connectivity index (χ0v) is 12.1. The number of unbranched alkanes of at least 4 members (excludes halogenated alkanes) is 1. The van der Waals surface area contributed by atoms with Crippen molar-refractivity contribution in [2.45, 2.75) is 39.7 Å². The molecule has 2 heteroatoms. The van der Waals surface area contributed by atoms with Gasteiger partial charge in [-0.15, -0.1) is 0 Å². The molecule has 0 bridgehead atoms. The van der Waals surface area contributed by atoms with Crippen LogP contribution in [0.1, 0.15) is 43.9 Å². The van der Waals surface area contributed by atoms with Gasteiger partial charge in [-0.3, -0.25) is 0 Å². The van der Waals surface area contributed by atoms with E-state index in [0.29, 0.717) is 6.04 Å². The lowest BCUT2D eigenvalue weighted by Gasteiger charge is -2.20. The third kappa shape index (κ3) is 5.13. The highest BCUT2D eigenvalue weighted by molar-refractivity contribution is 7.99. The van der Waals surface area contributed by atoms with E-state index in [9.17, 15) is 0 Å². The highest BCUT2D eigenvalue weighted by atomic mass is 32.2. The summed E-state index contributed by atoms with van der Waals surface area (Å²) in [5.74, 6) is 2.46. The van der Waals surface area contributed by atoms with Gasteiger partial charge in [-0.1, -0.05) is 44.5 Å². The van der Waals surface area contributed by atoms with E-state index in [2.05, 4.69) is 62.1 Å². The largest absolute Gasteiger partial charge is 0.310 e. The van der Waals surface area contributed by atoms with E-state index in [1.807, 2.05) is 0 Å². The van der Waals surface area contributed by atoms with Gasteiger partial charge in [-0.05, 0) is 36.8 Å². The minimum absolute atomic E-state index is 0.503. The molecule has 0 spiro atoms. The van der Waals surface area contributed by atoms with E-state index in [1.165, 1.54) is 35.5 Å². The Morgan fingerprint density at radius 1 is 1.24 bits per heavy atom. The number of hydrogen-bond acceptors (Lipinski definition) is 2. The summed E-state index contributed by atoms with van der Waals surface area (Å²) in [6.45, 7) is 7.68. The maximum Gasteiger partial charge on any atom is 0.0414 e. The van der Waals surface area contributed by atoms with Crippen molar-refractivity contribution in [3.05, 3.63) is 35.4 Å². The molecule has 17 heavy (non-hydrogen) atoms. The van der Waals surface area contributed by atoms with Gasteiger partial charge in [-0.2, -0.15) is 11.8 Å². The van der Waals surface area contributed by atoms with Crippen molar-refractivity contribution in [2.24, 2.45) is 0 Å². The number of rotatable bonds is 8. The summed E-state index contributed by atoms with van der Waals surface area (Å²) in [4.78, 5) is 0. The molecular formula is C15H25NS. The summed E-state index contributed by atoms with van der Waals surface area (Å²) < 4.78 is 0. The first-order valence-electron chi connectivity index (χ1n) is 6.66. The van der Waals surface area contributed by atoms with Crippen molar-refractivity contribution in [3.63, 3.8) is 0 Å². The Balaban J connectivity index is 2.56. The smallest absolute Gasteiger partial charge is 0.0414 e. The van der Waals surface area contributed by atoms with Crippen LogP contribution in [0.2, 0.25) is 0 Å². The summed E-state index contributed by atoms with van der Waals surface area (Å²) >= 11 is 2.07. The molecule has 0 aliphatic carbocycles. The summed E-state index contributed by atoms with van der Waals surface area (Å²) in [7, 11) is 0. The predicted octanol–water partition coefficient (Wildman–Crippen LogP) is 4.18. The maximum absolute atomic E-state index is 3.60. The zero-order valence-electron chi connectivity index (χ0n) is 11.3. The van der Waals surface area contributed by atoms with Gasteiger partial charge < -0.3 is 5.32 Å². The van der Waals surface area contributed by atoms with Crippen molar-refractivity contribution in [1.29, 1.82) is 0 Å². The molecule has 0 radical (unpaired) electrons. The van der Waals surface area contributed by atoms with Crippen LogP contribution in [0, 0.1) is 6.92 Å². The van der Waals surface area contributed by atoms with Gasteiger partial charge >= 0.3 is 0 Å². The molecule has 1 aromatic rings. The first-order valence-corrected chi connectivity index (χ1v) is 7.81. The Morgan fingerprint density at radius 2 is 2.00 bits per heavy atom. The average Bonchev–Trinajstić information content (AvgIpc) is 2.34. The molecule has 0 fully saturated rings. The van der Waals surface area contributed by atoms with Crippen molar-refractivity contribution < 1.29 is 0 Å². The van der Waals surface area contributed by atoms with Crippen molar-refractivity contribution in [1.82, 2.24) is 5.32 Å². The lowest BCUT2D eigenvalue weighted by molar-refractivity contribution is 0.603. The van der Waals surface area contributed by atoms with Crippen LogP contribution in [0.25, 0.3) is 0 Å². The Labute approximate surface area is 110 Å². The molecule has 0 saturated carbocycles. The monoisotopic (exact) mass is 251 g/mol. The van der Waals surface area contributed by atoms with Crippen LogP contribution in [0.15, 0.2) is 24.3 Å². The summed E-state index contributed by atoms with van der Waals surface area (Å²) in [5, 5.41) is 3.60. The third-order valence-corrected chi connectivity index (χ3v) is 4.09. The topological polar surface area (TPSA) is 12.0 Å². The van der Waals surface area contributed by atoms with Crippen LogP contribution >= 0.6 is 11.8 Å². The standard InChI is InChI=1S/C15H25NS/c1-4-6-11-17-12-15(16-5-2)14-10-8-7-9-13(14)3/h7-10,15-16H,4-6,11-12H2,1-3H3. The number of hydrogen-bond donors (Lipinski definition) is 1. The number of thioether (sulfide) groups is 1. The fraction of sp³-hybridized carbons (Fsp3) is 0.600. The van der Waals surface area contributed by atoms with Crippen LogP contribution in [0.5, 0.6) is 0 Å². The molecule has 0 aromatic heterocycles. The van der Waals surface area contributed by atoms with Gasteiger partial charge in [0.05, 0.1) is 0 Å². The fourth-order valence-electron chi connectivity index (χ4n) is 1.93. The molecule has 1 nitrogen and oxygen atoms in total. The lowest BCUT2D eigenvalue weighted by Crippen LogP contribution is -2.23. The van der Waals surface area contributed by atoms with E-state index in [0.717, 1.165) is 6.54 Å². The summed E-state index contributed by atoms with van der Waals surface area (Å²) in [6.07, 6.45) is 2.63. The number of aryl methyl sites for hydroxylation is 1. The molecule has 1 rings (SSSR count). The second-order valence-corrected chi connectivity index (χ2v) is 5.55. The second-order valence-electron chi connectivity index (χ2n) is 4.40. The highest BCUT2D eigenvalue weighted by Crippen LogP contribution is 2.22. The van der Waals surface area contributed by atoms with Crippen LogP contribution in [0.3, 0.4) is 0 Å². The number of benzene rings is 1. The Bertz CT molecular complexity index is 312. The van der Waals surface area contributed by atoms with Gasteiger partial charge in [0.25, 0.3) is 0 Å². The van der Waals surface area contributed by atoms with E-state index >= 15 is 0 Å². The molecule has 0 aliphatic rings. The molecule has 1 aromatic carbocycles. The molecule has 1 atom stereocenters. The molecule has 0 aliphatic heterocycles. The zero-order chi connectivity index (χ0) is 12.5. The molecular weight excluding hydrogens is 226 g/mol. The third-order valence-electron chi connectivity index (χ3n) is 2.94. The van der Waals surface area contributed by atoms with Gasteiger partial charge in [0.2, 0.25) is 0 Å². The van der Waals surface area contributed by atoms with E-state index in [-0.39, 0.29) is 0 Å². The van der Waals surface area contributed by atoms with Gasteiger partial charge in [0.15, 0.2) is 0 Å². The van der Waals surface area contributed by atoms with Crippen molar-refractivity contribution >= 4 is 11.8 Å². The predicted molar refractivity (Wildman–Crippen MR) is 79.8 cm³/mol. The average molecular weight is 251 g/mol. The van der Waals surface area contributed by atoms with Gasteiger partial charge in [-0.25, -0.2) is 0 Å². The maximum atomic E-state index is 3.60. The first-order chi connectivity index (χ1) is 8.29. The molecule has 0 heterocycles. The second kappa shape index (κ2) is 8.60. The minimum Gasteiger partial charge on any atom is -0.310 e. The normalized spacial score (nSPS) is 12.6. The molecule has 0 saturated heterocycles. The minimum atomic E-state index is 0.503. The van der Waals surface area contributed by atoms with Crippen molar-refractivity contribution in [2.75, 3.05) is 18.1 Å². The quantitative estimate of drug-likeness (QED) is 0.696. The Kier molecular flexibility index (Phi) is 7.38. The van der Waals surface area contributed by atoms with Gasteiger partial charge in [0.1, 0.15) is 0 Å². The van der Waals surface area contributed by atoms with E-state index in [4.69, 9.17) is 0 Å².